The second kappa shape index (κ2) is 7.19. The Kier molecular flexibility index (Phi) is 4.36. The van der Waals surface area contributed by atoms with Gasteiger partial charge in [-0.2, -0.15) is 0 Å². The lowest BCUT2D eigenvalue weighted by Crippen LogP contribution is -1.96. The van der Waals surface area contributed by atoms with E-state index in [9.17, 15) is 4.39 Å². The Morgan fingerprint density at radius 1 is 0.967 bits per heavy atom. The van der Waals surface area contributed by atoms with E-state index in [0.29, 0.717) is 0 Å². The number of imidazole rings is 1. The summed E-state index contributed by atoms with van der Waals surface area (Å²) in [5.74, 6) is 0.538. The first-order chi connectivity index (χ1) is 14.6. The van der Waals surface area contributed by atoms with Gasteiger partial charge in [0.2, 0.25) is 0 Å². The number of methoxy groups -OCH3 is 1. The van der Waals surface area contributed by atoms with E-state index in [2.05, 4.69) is 39.9 Å². The maximum absolute atomic E-state index is 13.3. The second-order valence-corrected chi connectivity index (χ2v) is 7.21. The molecule has 0 fully saturated rings. The largest absolute Gasteiger partial charge is 0.495 e. The monoisotopic (exact) mass is 397 g/mol. The van der Waals surface area contributed by atoms with E-state index < -0.39 is 0 Å². The normalized spacial score (nSPS) is 11.2. The van der Waals surface area contributed by atoms with Crippen LogP contribution in [0, 0.1) is 12.7 Å². The van der Waals surface area contributed by atoms with Crippen molar-refractivity contribution < 1.29 is 9.13 Å². The molecule has 2 aromatic heterocycles. The molecule has 0 spiro atoms. The van der Waals surface area contributed by atoms with Gasteiger partial charge in [0.1, 0.15) is 11.6 Å². The van der Waals surface area contributed by atoms with Crippen LogP contribution >= 0.6 is 0 Å². The Hall–Kier alpha value is -3.86. The third-order valence-electron chi connectivity index (χ3n) is 5.32. The lowest BCUT2D eigenvalue weighted by Gasteiger charge is -2.12. The first-order valence-electron chi connectivity index (χ1n) is 9.69. The molecule has 0 aliphatic heterocycles. The summed E-state index contributed by atoms with van der Waals surface area (Å²) in [4.78, 5) is 4.31. The molecule has 0 radical (unpaired) electrons. The zero-order chi connectivity index (χ0) is 20.7. The minimum absolute atomic E-state index is 0.240. The lowest BCUT2D eigenvalue weighted by atomic mass is 10.0. The van der Waals surface area contributed by atoms with Crippen molar-refractivity contribution in [1.29, 1.82) is 0 Å². The Morgan fingerprint density at radius 3 is 2.53 bits per heavy atom. The Balaban J connectivity index is 1.62. The molecule has 0 unspecified atom stereocenters. The molecule has 0 bridgehead atoms. The van der Waals surface area contributed by atoms with Crippen LogP contribution in [0.4, 0.5) is 4.39 Å². The second-order valence-electron chi connectivity index (χ2n) is 7.21. The highest BCUT2D eigenvalue weighted by atomic mass is 19.1. The maximum atomic E-state index is 13.3. The summed E-state index contributed by atoms with van der Waals surface area (Å²) in [6.07, 6.45) is 5.78. The maximum Gasteiger partial charge on any atom is 0.143 e. The summed E-state index contributed by atoms with van der Waals surface area (Å²) in [5, 5.41) is 1.12. The van der Waals surface area contributed by atoms with E-state index in [-0.39, 0.29) is 5.82 Å². The van der Waals surface area contributed by atoms with Crippen LogP contribution < -0.4 is 4.74 Å². The van der Waals surface area contributed by atoms with E-state index in [1.54, 1.807) is 25.6 Å². The number of rotatable bonds is 4. The van der Waals surface area contributed by atoms with Crippen molar-refractivity contribution >= 4 is 10.9 Å². The lowest BCUT2D eigenvalue weighted by molar-refractivity contribution is 0.413. The molecule has 5 aromatic rings. The fourth-order valence-electron chi connectivity index (χ4n) is 3.86. The molecule has 5 rings (SSSR count). The molecule has 2 heterocycles. The number of benzene rings is 3. The van der Waals surface area contributed by atoms with Crippen molar-refractivity contribution in [2.24, 2.45) is 0 Å². The predicted molar refractivity (Wildman–Crippen MR) is 117 cm³/mol. The first-order valence-corrected chi connectivity index (χ1v) is 9.69. The molecule has 0 aliphatic carbocycles. The highest BCUT2D eigenvalue weighted by Crippen LogP contribution is 2.35. The predicted octanol–water partition coefficient (Wildman–Crippen LogP) is 5.94. The van der Waals surface area contributed by atoms with Gasteiger partial charge in [0.05, 0.1) is 30.3 Å². The van der Waals surface area contributed by atoms with Gasteiger partial charge < -0.3 is 13.9 Å². The molecule has 0 N–H and O–H groups in total. The van der Waals surface area contributed by atoms with Gasteiger partial charge in [0.25, 0.3) is 0 Å². The highest BCUT2D eigenvalue weighted by molar-refractivity contribution is 5.96. The molecule has 4 nitrogen and oxygen atoms in total. The van der Waals surface area contributed by atoms with E-state index in [1.165, 1.54) is 12.1 Å². The number of nitrogens with zero attached hydrogens (tertiary/aromatic N) is 3. The van der Waals surface area contributed by atoms with Crippen LogP contribution in [0.1, 0.15) is 5.69 Å². The summed E-state index contributed by atoms with van der Waals surface area (Å²) in [6.45, 7) is 1.96. The van der Waals surface area contributed by atoms with Crippen LogP contribution in [-0.4, -0.2) is 21.2 Å². The SMILES string of the molecule is COc1cc(-c2cccc3c2ccn3-c2ccc(F)cc2)ccc1-n1cnc(C)c1. The standard InChI is InChI=1S/C25H20FN3O/c1-17-15-28(16-27-17)24-11-6-18(14-25(24)30-2)21-4-3-5-23-22(21)12-13-29(23)20-9-7-19(26)8-10-20/h3-16H,1-2H3. The topological polar surface area (TPSA) is 32.0 Å². The summed E-state index contributed by atoms with van der Waals surface area (Å²) in [7, 11) is 1.68. The first kappa shape index (κ1) is 18.2. The average molecular weight is 397 g/mol. The Labute approximate surface area is 173 Å². The van der Waals surface area contributed by atoms with Gasteiger partial charge in [-0.1, -0.05) is 18.2 Å². The Bertz CT molecular complexity index is 1350. The van der Waals surface area contributed by atoms with Crippen LogP contribution in [0.25, 0.3) is 33.4 Å². The fraction of sp³-hybridized carbons (Fsp3) is 0.0800. The van der Waals surface area contributed by atoms with E-state index >= 15 is 0 Å². The van der Waals surface area contributed by atoms with Crippen LogP contribution in [-0.2, 0) is 0 Å². The van der Waals surface area contributed by atoms with Gasteiger partial charge in [-0.25, -0.2) is 9.37 Å². The van der Waals surface area contributed by atoms with Crippen LogP contribution in [0.2, 0.25) is 0 Å². The third kappa shape index (κ3) is 3.05. The van der Waals surface area contributed by atoms with Gasteiger partial charge in [0.15, 0.2) is 0 Å². The van der Waals surface area contributed by atoms with Gasteiger partial charge in [-0.05, 0) is 66.6 Å². The average Bonchev–Trinajstić information content (AvgIpc) is 3.40. The zero-order valence-corrected chi connectivity index (χ0v) is 16.7. The molecule has 30 heavy (non-hydrogen) atoms. The number of aryl methyl sites for hydroxylation is 1. The molecular weight excluding hydrogens is 377 g/mol. The Morgan fingerprint density at radius 2 is 1.80 bits per heavy atom. The summed E-state index contributed by atoms with van der Waals surface area (Å²) in [6, 6.07) is 21.0. The third-order valence-corrected chi connectivity index (χ3v) is 5.32. The van der Waals surface area contributed by atoms with Gasteiger partial charge in [-0.3, -0.25) is 0 Å². The van der Waals surface area contributed by atoms with Crippen LogP contribution in [0.15, 0.2) is 85.5 Å². The number of halogens is 1. The van der Waals surface area contributed by atoms with Crippen LogP contribution in [0.3, 0.4) is 0 Å². The van der Waals surface area contributed by atoms with Crippen molar-refractivity contribution in [3.8, 4) is 28.3 Å². The molecule has 0 amide bonds. The fourth-order valence-corrected chi connectivity index (χ4v) is 3.86. The molecule has 3 aromatic carbocycles. The highest BCUT2D eigenvalue weighted by Gasteiger charge is 2.12. The molecule has 0 aliphatic rings. The van der Waals surface area contributed by atoms with Crippen molar-refractivity contribution in [2.75, 3.05) is 7.11 Å². The van der Waals surface area contributed by atoms with Crippen LogP contribution in [0.5, 0.6) is 5.75 Å². The summed E-state index contributed by atoms with van der Waals surface area (Å²) < 4.78 is 23.0. The minimum Gasteiger partial charge on any atom is -0.495 e. The van der Waals surface area contributed by atoms with Crippen molar-refractivity contribution in [3.63, 3.8) is 0 Å². The van der Waals surface area contributed by atoms with Gasteiger partial charge in [0, 0.05) is 23.5 Å². The molecule has 0 saturated carbocycles. The number of hydrogen-bond donors (Lipinski definition) is 0. The zero-order valence-electron chi connectivity index (χ0n) is 16.7. The van der Waals surface area contributed by atoms with Gasteiger partial charge in [-0.15, -0.1) is 0 Å². The van der Waals surface area contributed by atoms with Crippen molar-refractivity contribution in [2.45, 2.75) is 6.92 Å². The smallest absolute Gasteiger partial charge is 0.143 e. The number of fused-ring (bicyclic) bond motifs is 1. The van der Waals surface area contributed by atoms with Crippen molar-refractivity contribution in [1.82, 2.24) is 14.1 Å². The van der Waals surface area contributed by atoms with E-state index in [4.69, 9.17) is 4.74 Å². The molecular formula is C25H20FN3O. The number of hydrogen-bond acceptors (Lipinski definition) is 2. The number of ether oxygens (including phenoxy) is 1. The quantitative estimate of drug-likeness (QED) is 0.376. The van der Waals surface area contributed by atoms with Crippen molar-refractivity contribution in [3.05, 3.63) is 97.0 Å². The van der Waals surface area contributed by atoms with Gasteiger partial charge >= 0.3 is 0 Å². The number of aromatic nitrogens is 3. The molecule has 148 valence electrons. The molecule has 0 saturated heterocycles. The summed E-state index contributed by atoms with van der Waals surface area (Å²) >= 11 is 0. The minimum atomic E-state index is -0.240. The molecule has 5 heteroatoms. The summed E-state index contributed by atoms with van der Waals surface area (Å²) in [5.41, 5.74) is 6.06. The van der Waals surface area contributed by atoms with E-state index in [1.807, 2.05) is 36.0 Å². The molecule has 0 atom stereocenters. The van der Waals surface area contributed by atoms with E-state index in [0.717, 1.165) is 44.8 Å².